The van der Waals surface area contributed by atoms with Gasteiger partial charge >= 0.3 is 5.69 Å². The van der Waals surface area contributed by atoms with Crippen LogP contribution in [0.2, 0.25) is 0 Å². The molecule has 0 spiro atoms. The van der Waals surface area contributed by atoms with Gasteiger partial charge in [-0.15, -0.1) is 0 Å². The Morgan fingerprint density at radius 2 is 1.29 bits per heavy atom. The Morgan fingerprint density at radius 3 is 1.81 bits per heavy atom. The summed E-state index contributed by atoms with van der Waals surface area (Å²) in [7, 11) is 0. The summed E-state index contributed by atoms with van der Waals surface area (Å²) >= 11 is 0. The van der Waals surface area contributed by atoms with Crippen LogP contribution in [0.25, 0.3) is 0 Å². The monoisotopic (exact) mass is 555 g/mol. The summed E-state index contributed by atoms with van der Waals surface area (Å²) in [6.45, 7) is 0.235. The summed E-state index contributed by atoms with van der Waals surface area (Å²) in [6, 6.07) is 40.7. The number of nitrogens with zero attached hydrogens (tertiary/aromatic N) is 2. The van der Waals surface area contributed by atoms with E-state index in [1.807, 2.05) is 72.8 Å². The van der Waals surface area contributed by atoms with Crippen molar-refractivity contribution in [2.45, 2.75) is 17.9 Å². The van der Waals surface area contributed by atoms with Crippen molar-refractivity contribution in [2.75, 3.05) is 11.9 Å². The van der Waals surface area contributed by atoms with Gasteiger partial charge in [0.1, 0.15) is 17.5 Å². The number of amides is 1. The van der Waals surface area contributed by atoms with E-state index >= 15 is 0 Å². The number of carbonyl (C=O) groups excluding carboxylic acids is 1. The number of aromatic nitrogens is 2. The van der Waals surface area contributed by atoms with E-state index in [2.05, 4.69) is 46.7 Å². The summed E-state index contributed by atoms with van der Waals surface area (Å²) in [5.74, 6) is -0.168. The van der Waals surface area contributed by atoms with Crippen LogP contribution in [0.15, 0.2) is 151 Å². The minimum absolute atomic E-state index is 0.172. The van der Waals surface area contributed by atoms with Crippen molar-refractivity contribution >= 4 is 11.7 Å². The van der Waals surface area contributed by atoms with Crippen LogP contribution in [0.1, 0.15) is 33.3 Å². The second kappa shape index (κ2) is 12.2. The summed E-state index contributed by atoms with van der Waals surface area (Å²) in [4.78, 5) is 29.4. The van der Waals surface area contributed by atoms with E-state index in [-0.39, 0.29) is 18.3 Å². The third-order valence-electron chi connectivity index (χ3n) is 7.19. The molecule has 0 radical (unpaired) electrons. The predicted molar refractivity (Wildman–Crippen MR) is 161 cm³/mol. The highest BCUT2D eigenvalue weighted by Crippen LogP contribution is 2.41. The molecule has 208 valence electrons. The molecule has 4 aromatic carbocycles. The van der Waals surface area contributed by atoms with Crippen molar-refractivity contribution in [1.29, 1.82) is 0 Å². The molecule has 0 unspecified atom stereocenters. The fourth-order valence-electron chi connectivity index (χ4n) is 5.17. The van der Waals surface area contributed by atoms with Gasteiger partial charge in [-0.05, 0) is 41.0 Å². The largest absolute Gasteiger partial charge is 0.358 e. The average Bonchev–Trinajstić information content (AvgIpc) is 3.52. The van der Waals surface area contributed by atoms with Gasteiger partial charge in [-0.3, -0.25) is 9.36 Å². The Balaban J connectivity index is 1.21. The fourth-order valence-corrected chi connectivity index (χ4v) is 5.17. The normalized spacial score (nSPS) is 16.3. The summed E-state index contributed by atoms with van der Waals surface area (Å²) in [6.07, 6.45) is 4.21. The van der Waals surface area contributed by atoms with Gasteiger partial charge in [0.05, 0.1) is 6.61 Å². The number of carbonyl (C=O) groups is 1. The molecule has 2 heterocycles. The lowest BCUT2D eigenvalue weighted by Gasteiger charge is -2.36. The first-order valence-electron chi connectivity index (χ1n) is 13.7. The maximum absolute atomic E-state index is 12.9. The first-order chi connectivity index (χ1) is 20.6. The molecule has 1 N–H and O–H groups in total. The van der Waals surface area contributed by atoms with Gasteiger partial charge in [-0.2, -0.15) is 4.98 Å². The smallest absolute Gasteiger partial charge is 0.351 e. The zero-order valence-corrected chi connectivity index (χ0v) is 22.7. The zero-order valence-electron chi connectivity index (χ0n) is 22.7. The van der Waals surface area contributed by atoms with Gasteiger partial charge in [0.15, 0.2) is 6.23 Å². The van der Waals surface area contributed by atoms with E-state index in [1.54, 1.807) is 36.5 Å². The van der Waals surface area contributed by atoms with Crippen LogP contribution in [0, 0.1) is 0 Å². The lowest BCUT2D eigenvalue weighted by molar-refractivity contribution is -0.0685. The maximum atomic E-state index is 12.9. The Labute approximate surface area is 243 Å². The quantitative estimate of drug-likeness (QED) is 0.179. The van der Waals surface area contributed by atoms with Crippen LogP contribution in [0.5, 0.6) is 0 Å². The molecule has 5 aromatic rings. The van der Waals surface area contributed by atoms with Crippen LogP contribution in [0.4, 0.5) is 5.82 Å². The molecule has 0 saturated heterocycles. The van der Waals surface area contributed by atoms with Crippen LogP contribution < -0.4 is 11.0 Å². The van der Waals surface area contributed by atoms with E-state index in [9.17, 15) is 9.59 Å². The fraction of sp³-hybridized carbons (Fsp3) is 0.114. The van der Waals surface area contributed by atoms with Gasteiger partial charge in [-0.1, -0.05) is 115 Å². The van der Waals surface area contributed by atoms with Crippen LogP contribution in [-0.4, -0.2) is 28.2 Å². The number of ether oxygens (including phenoxy) is 2. The Morgan fingerprint density at radius 1 is 0.762 bits per heavy atom. The number of hydrogen-bond acceptors (Lipinski definition) is 5. The van der Waals surface area contributed by atoms with Crippen molar-refractivity contribution in [2.24, 2.45) is 0 Å². The number of nitrogens with one attached hydrogen (secondary N) is 1. The molecule has 1 amide bonds. The predicted octanol–water partition coefficient (Wildman–Crippen LogP) is 5.96. The van der Waals surface area contributed by atoms with Crippen molar-refractivity contribution < 1.29 is 14.3 Å². The topological polar surface area (TPSA) is 82.5 Å². The minimum atomic E-state index is -0.879. The summed E-state index contributed by atoms with van der Waals surface area (Å²) in [5, 5.41) is 2.67. The lowest BCUT2D eigenvalue weighted by atomic mass is 9.80. The molecule has 0 saturated carbocycles. The van der Waals surface area contributed by atoms with E-state index in [1.165, 1.54) is 4.57 Å². The molecule has 1 aliphatic rings. The van der Waals surface area contributed by atoms with Crippen molar-refractivity contribution in [1.82, 2.24) is 9.55 Å². The third-order valence-corrected chi connectivity index (χ3v) is 7.19. The van der Waals surface area contributed by atoms with Crippen molar-refractivity contribution in [3.63, 3.8) is 0 Å². The Kier molecular flexibility index (Phi) is 7.85. The summed E-state index contributed by atoms with van der Waals surface area (Å²) < 4.78 is 14.5. The third kappa shape index (κ3) is 5.56. The van der Waals surface area contributed by atoms with Gasteiger partial charge in [0.2, 0.25) is 0 Å². The first-order valence-corrected chi connectivity index (χ1v) is 13.7. The van der Waals surface area contributed by atoms with Gasteiger partial charge in [0.25, 0.3) is 5.91 Å². The molecule has 0 aliphatic carbocycles. The SMILES string of the molecule is O=C(Nc1ccn([C@H]2C=C[C@@H](COC(c3ccccc3)(c3ccccc3)c3ccccc3)O2)c(=O)n1)c1ccccc1. The Bertz CT molecular complexity index is 1630. The van der Waals surface area contributed by atoms with Crippen molar-refractivity contribution in [3.8, 4) is 0 Å². The van der Waals surface area contributed by atoms with E-state index in [0.717, 1.165) is 16.7 Å². The molecule has 0 bridgehead atoms. The standard InChI is InChI=1S/C35H29N3O4/c39-33(26-13-5-1-6-14-26)36-31-23-24-38(34(40)37-31)32-22-21-30(42-32)25-41-35(27-15-7-2-8-16-27,28-17-9-3-10-18-28)29-19-11-4-12-20-29/h1-24,30,32H,25H2,(H,36,37,39,40)/t30-,32+/m0/s1. The van der Waals surface area contributed by atoms with Crippen LogP contribution in [0.3, 0.4) is 0 Å². The molecule has 0 fully saturated rings. The van der Waals surface area contributed by atoms with Gasteiger partial charge in [-0.25, -0.2) is 4.79 Å². The number of hydrogen-bond donors (Lipinski definition) is 1. The molecular weight excluding hydrogens is 526 g/mol. The second-order valence-corrected chi connectivity index (χ2v) is 9.86. The van der Waals surface area contributed by atoms with Gasteiger partial charge < -0.3 is 14.8 Å². The maximum Gasteiger partial charge on any atom is 0.351 e. The molecule has 2 atom stereocenters. The second-order valence-electron chi connectivity index (χ2n) is 9.86. The van der Waals surface area contributed by atoms with Crippen molar-refractivity contribution in [3.05, 3.63) is 178 Å². The summed E-state index contributed by atoms with van der Waals surface area (Å²) in [5.41, 5.74) is 2.05. The van der Waals surface area contributed by atoms with Gasteiger partial charge in [0, 0.05) is 11.8 Å². The molecule has 42 heavy (non-hydrogen) atoms. The van der Waals surface area contributed by atoms with E-state index in [4.69, 9.17) is 9.47 Å². The number of anilines is 1. The zero-order chi connectivity index (χ0) is 28.8. The molecule has 1 aliphatic heterocycles. The highest BCUT2D eigenvalue weighted by molar-refractivity contribution is 6.03. The molecule has 6 rings (SSSR count). The van der Waals surface area contributed by atoms with Crippen LogP contribution >= 0.6 is 0 Å². The molecule has 7 heteroatoms. The average molecular weight is 556 g/mol. The lowest BCUT2D eigenvalue weighted by Crippen LogP contribution is -2.36. The first kappa shape index (κ1) is 27.1. The number of benzene rings is 4. The molecule has 1 aromatic heterocycles. The highest BCUT2D eigenvalue weighted by atomic mass is 16.6. The van der Waals surface area contributed by atoms with E-state index in [0.29, 0.717) is 5.56 Å². The molecular formula is C35H29N3O4. The highest BCUT2D eigenvalue weighted by Gasteiger charge is 2.38. The van der Waals surface area contributed by atoms with Crippen LogP contribution in [-0.2, 0) is 15.1 Å². The number of rotatable bonds is 9. The minimum Gasteiger partial charge on any atom is -0.358 e. The van der Waals surface area contributed by atoms with E-state index < -0.39 is 23.6 Å². The molecule has 7 nitrogen and oxygen atoms in total. The Hall–Kier alpha value is -5.11.